The lowest BCUT2D eigenvalue weighted by Crippen LogP contribution is -2.30. The molecule has 2 rings (SSSR count). The summed E-state index contributed by atoms with van der Waals surface area (Å²) >= 11 is 12.4. The minimum atomic E-state index is -3.47. The van der Waals surface area contributed by atoms with Crippen LogP contribution in [0.25, 0.3) is 0 Å². The molecule has 0 aromatic heterocycles. The first-order valence-corrected chi connectivity index (χ1v) is 9.29. The third-order valence-electron chi connectivity index (χ3n) is 3.61. The van der Waals surface area contributed by atoms with Gasteiger partial charge in [0.05, 0.1) is 18.5 Å². The van der Waals surface area contributed by atoms with Gasteiger partial charge in [0.2, 0.25) is 10.0 Å². The molecular weight excluding hydrogens is 341 g/mol. The minimum Gasteiger partial charge on any atom is -0.266 e. The van der Waals surface area contributed by atoms with Gasteiger partial charge >= 0.3 is 0 Å². The van der Waals surface area contributed by atoms with E-state index in [1.807, 2.05) is 26.0 Å². The van der Waals surface area contributed by atoms with Crippen LogP contribution in [0.5, 0.6) is 0 Å². The Kier molecular flexibility index (Phi) is 5.05. The van der Waals surface area contributed by atoms with Gasteiger partial charge in [-0.3, -0.25) is 4.31 Å². The molecule has 0 spiro atoms. The van der Waals surface area contributed by atoms with Crippen LogP contribution >= 0.6 is 23.2 Å². The van der Waals surface area contributed by atoms with Crippen LogP contribution in [-0.4, -0.2) is 14.7 Å². The predicted molar refractivity (Wildman–Crippen MR) is 93.4 cm³/mol. The van der Waals surface area contributed by atoms with E-state index in [0.717, 1.165) is 11.1 Å². The Balaban J connectivity index is 2.56. The van der Waals surface area contributed by atoms with Crippen molar-refractivity contribution in [1.82, 2.24) is 0 Å². The molecule has 0 aliphatic carbocycles. The monoisotopic (exact) mass is 357 g/mol. The van der Waals surface area contributed by atoms with E-state index in [4.69, 9.17) is 23.2 Å². The molecule has 0 saturated carbocycles. The summed E-state index contributed by atoms with van der Waals surface area (Å²) in [5.74, 6) is 0. The van der Waals surface area contributed by atoms with E-state index >= 15 is 0 Å². The van der Waals surface area contributed by atoms with Crippen molar-refractivity contribution < 1.29 is 8.42 Å². The van der Waals surface area contributed by atoms with Crippen molar-refractivity contribution in [2.75, 3.05) is 10.6 Å². The number of halogens is 2. The summed E-state index contributed by atoms with van der Waals surface area (Å²) in [6.45, 7) is 3.94. The van der Waals surface area contributed by atoms with Crippen molar-refractivity contribution in [3.63, 3.8) is 0 Å². The highest BCUT2D eigenvalue weighted by molar-refractivity contribution is 7.92. The molecule has 0 unspecified atom stereocenters. The maximum Gasteiger partial charge on any atom is 0.232 e. The number of rotatable bonds is 4. The van der Waals surface area contributed by atoms with Crippen molar-refractivity contribution in [2.24, 2.45) is 0 Å². The second-order valence-corrected chi connectivity index (χ2v) is 7.91. The molecule has 3 nitrogen and oxygen atoms in total. The zero-order chi connectivity index (χ0) is 16.5. The summed E-state index contributed by atoms with van der Waals surface area (Å²) in [4.78, 5) is 0. The number of aryl methyl sites for hydroxylation is 1. The molecule has 22 heavy (non-hydrogen) atoms. The summed E-state index contributed by atoms with van der Waals surface area (Å²) < 4.78 is 25.9. The Labute approximate surface area is 141 Å². The molecule has 2 aromatic rings. The Morgan fingerprint density at radius 2 is 1.55 bits per heavy atom. The van der Waals surface area contributed by atoms with E-state index in [0.29, 0.717) is 21.3 Å². The molecule has 2 aromatic carbocycles. The Morgan fingerprint density at radius 3 is 2.09 bits per heavy atom. The highest BCUT2D eigenvalue weighted by atomic mass is 35.5. The molecule has 0 heterocycles. The Hall–Kier alpha value is -1.23. The topological polar surface area (TPSA) is 37.4 Å². The third kappa shape index (κ3) is 3.57. The van der Waals surface area contributed by atoms with Crippen LogP contribution in [0.15, 0.2) is 36.4 Å². The smallest absolute Gasteiger partial charge is 0.232 e. The van der Waals surface area contributed by atoms with E-state index in [1.165, 1.54) is 10.6 Å². The maximum absolute atomic E-state index is 12.3. The predicted octanol–water partition coefficient (Wildman–Crippen LogP) is 4.58. The van der Waals surface area contributed by atoms with Crippen molar-refractivity contribution in [2.45, 2.75) is 20.4 Å². The second-order valence-electron chi connectivity index (χ2n) is 5.19. The largest absolute Gasteiger partial charge is 0.266 e. The van der Waals surface area contributed by atoms with Crippen molar-refractivity contribution >= 4 is 38.9 Å². The van der Waals surface area contributed by atoms with Gasteiger partial charge in [-0.2, -0.15) is 0 Å². The minimum absolute atomic E-state index is 0.0988. The quantitative estimate of drug-likeness (QED) is 0.803. The van der Waals surface area contributed by atoms with Gasteiger partial charge in [-0.15, -0.1) is 0 Å². The highest BCUT2D eigenvalue weighted by Crippen LogP contribution is 2.31. The fourth-order valence-corrected chi connectivity index (χ4v) is 3.65. The summed E-state index contributed by atoms with van der Waals surface area (Å²) in [6, 6.07) is 10.7. The van der Waals surface area contributed by atoms with Gasteiger partial charge in [-0.1, -0.05) is 41.4 Å². The molecule has 0 atom stereocenters. The van der Waals surface area contributed by atoms with Gasteiger partial charge in [-0.05, 0) is 43.2 Å². The number of hydrogen-bond donors (Lipinski definition) is 0. The Morgan fingerprint density at radius 1 is 1.00 bits per heavy atom. The van der Waals surface area contributed by atoms with Gasteiger partial charge in [0.25, 0.3) is 0 Å². The first-order valence-electron chi connectivity index (χ1n) is 6.68. The SMILES string of the molecule is Cc1cccc(N(Cc2c(Cl)cccc2Cl)S(C)(=O)=O)c1C. The Bertz CT molecular complexity index is 784. The van der Waals surface area contributed by atoms with Gasteiger partial charge in [-0.25, -0.2) is 8.42 Å². The van der Waals surface area contributed by atoms with Crippen LogP contribution in [0.4, 0.5) is 5.69 Å². The number of nitrogens with zero attached hydrogens (tertiary/aromatic N) is 1. The van der Waals surface area contributed by atoms with Crippen molar-refractivity contribution in [3.05, 3.63) is 63.1 Å². The molecule has 0 radical (unpaired) electrons. The van der Waals surface area contributed by atoms with E-state index in [-0.39, 0.29) is 6.54 Å². The number of benzene rings is 2. The molecule has 0 aliphatic heterocycles. The third-order valence-corrected chi connectivity index (χ3v) is 5.44. The van der Waals surface area contributed by atoms with Crippen molar-refractivity contribution in [3.8, 4) is 0 Å². The van der Waals surface area contributed by atoms with Crippen molar-refractivity contribution in [1.29, 1.82) is 0 Å². The lowest BCUT2D eigenvalue weighted by Gasteiger charge is -2.25. The first kappa shape index (κ1) is 17.1. The van der Waals surface area contributed by atoms with Gasteiger partial charge in [0.15, 0.2) is 0 Å². The average molecular weight is 358 g/mol. The number of sulfonamides is 1. The zero-order valence-electron chi connectivity index (χ0n) is 12.6. The maximum atomic E-state index is 12.3. The van der Waals surface area contributed by atoms with Gasteiger partial charge < -0.3 is 0 Å². The standard InChI is InChI=1S/C16H17Cl2NO2S/c1-11-6-4-9-16(12(11)2)19(22(3,20)21)10-13-14(17)7-5-8-15(13)18/h4-9H,10H2,1-3H3. The summed E-state index contributed by atoms with van der Waals surface area (Å²) in [6.07, 6.45) is 1.18. The lowest BCUT2D eigenvalue weighted by molar-refractivity contribution is 0.596. The zero-order valence-corrected chi connectivity index (χ0v) is 14.9. The van der Waals surface area contributed by atoms with Crippen LogP contribution in [0.3, 0.4) is 0 Å². The normalized spacial score (nSPS) is 11.5. The fourth-order valence-electron chi connectivity index (χ4n) is 2.21. The summed E-state index contributed by atoms with van der Waals surface area (Å²) in [5, 5.41) is 0.901. The summed E-state index contributed by atoms with van der Waals surface area (Å²) in [7, 11) is -3.47. The number of anilines is 1. The molecule has 118 valence electrons. The van der Waals surface area contributed by atoms with E-state index in [2.05, 4.69) is 0 Å². The molecule has 6 heteroatoms. The molecule has 0 bridgehead atoms. The average Bonchev–Trinajstić information content (AvgIpc) is 2.41. The summed E-state index contributed by atoms with van der Waals surface area (Å²) in [5.41, 5.74) is 3.17. The van der Waals surface area contributed by atoms with Crippen LogP contribution in [0.2, 0.25) is 10.0 Å². The van der Waals surface area contributed by atoms with E-state index < -0.39 is 10.0 Å². The van der Waals surface area contributed by atoms with Gasteiger partial charge in [0.1, 0.15) is 0 Å². The molecule has 0 amide bonds. The highest BCUT2D eigenvalue weighted by Gasteiger charge is 2.22. The molecule has 0 N–H and O–H groups in total. The fraction of sp³-hybridized carbons (Fsp3) is 0.250. The van der Waals surface area contributed by atoms with E-state index in [9.17, 15) is 8.42 Å². The molecular formula is C16H17Cl2NO2S. The van der Waals surface area contributed by atoms with Crippen LogP contribution < -0.4 is 4.31 Å². The lowest BCUT2D eigenvalue weighted by atomic mass is 10.1. The first-order chi connectivity index (χ1) is 10.2. The molecule has 0 saturated heterocycles. The molecule has 0 fully saturated rings. The second kappa shape index (κ2) is 6.49. The molecule has 0 aliphatic rings. The van der Waals surface area contributed by atoms with Gasteiger partial charge in [0, 0.05) is 15.6 Å². The van der Waals surface area contributed by atoms with E-state index in [1.54, 1.807) is 24.3 Å². The number of hydrogen-bond acceptors (Lipinski definition) is 2. The van der Waals surface area contributed by atoms with Crippen LogP contribution in [0.1, 0.15) is 16.7 Å². The van der Waals surface area contributed by atoms with Crippen LogP contribution in [0, 0.1) is 13.8 Å². The van der Waals surface area contributed by atoms with Crippen LogP contribution in [-0.2, 0) is 16.6 Å².